The van der Waals surface area contributed by atoms with E-state index < -0.39 is 84.9 Å². The van der Waals surface area contributed by atoms with Crippen LogP contribution in [0.4, 0.5) is 13.2 Å². The van der Waals surface area contributed by atoms with Gasteiger partial charge in [-0.25, -0.2) is 0 Å². The first kappa shape index (κ1) is 35.8. The van der Waals surface area contributed by atoms with Crippen LogP contribution in [0.5, 0.6) is 0 Å². The van der Waals surface area contributed by atoms with Crippen molar-refractivity contribution >= 4 is 35.6 Å². The molecule has 0 bridgehead atoms. The molecule has 244 valence electrons. The lowest BCUT2D eigenvalue weighted by molar-refractivity contribution is -0.205. The molecule has 1 saturated heterocycles. The van der Waals surface area contributed by atoms with Gasteiger partial charge in [0.1, 0.15) is 18.1 Å². The number of halogens is 3. The van der Waals surface area contributed by atoms with E-state index in [4.69, 9.17) is 11.5 Å². The van der Waals surface area contributed by atoms with Crippen LogP contribution >= 0.6 is 0 Å². The van der Waals surface area contributed by atoms with Crippen LogP contribution in [0.15, 0.2) is 35.3 Å². The predicted molar refractivity (Wildman–Crippen MR) is 153 cm³/mol. The van der Waals surface area contributed by atoms with Crippen molar-refractivity contribution in [2.75, 3.05) is 19.6 Å². The molecule has 2 rings (SSSR count). The number of nitrogens with two attached hydrogens (primary N) is 2. The largest absolute Gasteiger partial charge is 0.481 e. The molecule has 1 fully saturated rings. The Labute approximate surface area is 252 Å². The van der Waals surface area contributed by atoms with E-state index in [0.717, 1.165) is 0 Å². The number of aliphatic imine (C=N–C) groups is 1. The van der Waals surface area contributed by atoms with Gasteiger partial charge in [0.05, 0.1) is 6.42 Å². The second kappa shape index (κ2) is 15.9. The Bertz CT molecular complexity index is 1210. The maximum absolute atomic E-state index is 14.5. The number of carboxylic acid groups (broad SMARTS) is 1. The van der Waals surface area contributed by atoms with Gasteiger partial charge in [-0.3, -0.25) is 34.3 Å². The first-order valence-electron chi connectivity index (χ1n) is 13.9. The number of guanidine groups is 1. The molecular formula is C27H39F3N8O6. The molecule has 1 aromatic carbocycles. The molecule has 0 aromatic heterocycles. The van der Waals surface area contributed by atoms with Gasteiger partial charge in [-0.1, -0.05) is 44.2 Å². The number of alkyl halides is 3. The Balaban J connectivity index is 2.56. The quantitative estimate of drug-likeness (QED) is 0.0940. The van der Waals surface area contributed by atoms with Gasteiger partial charge >= 0.3 is 12.1 Å². The fraction of sp³-hybridized carbons (Fsp3) is 0.556. The van der Waals surface area contributed by atoms with Gasteiger partial charge in [0.2, 0.25) is 23.3 Å². The van der Waals surface area contributed by atoms with Crippen molar-refractivity contribution in [3.05, 3.63) is 35.9 Å². The summed E-state index contributed by atoms with van der Waals surface area (Å²) in [5, 5.41) is 20.9. The number of hydrogen-bond donors (Lipinski definition) is 8. The molecule has 1 heterocycles. The summed E-state index contributed by atoms with van der Waals surface area (Å²) in [6.07, 6.45) is -7.16. The van der Waals surface area contributed by atoms with E-state index in [1.54, 1.807) is 44.2 Å². The lowest BCUT2D eigenvalue weighted by atomic mass is 9.91. The van der Waals surface area contributed by atoms with Crippen molar-refractivity contribution in [3.8, 4) is 0 Å². The molecular weight excluding hydrogens is 589 g/mol. The van der Waals surface area contributed by atoms with E-state index in [1.807, 2.05) is 5.32 Å². The maximum Gasteiger partial charge on any atom is 0.416 e. The number of amides is 4. The molecule has 1 aliphatic rings. The molecule has 0 saturated carbocycles. The lowest BCUT2D eigenvalue weighted by Gasteiger charge is -2.35. The van der Waals surface area contributed by atoms with Crippen LogP contribution in [0.1, 0.15) is 38.7 Å². The van der Waals surface area contributed by atoms with Gasteiger partial charge in [-0.05, 0) is 24.3 Å². The molecule has 1 aromatic rings. The number of carbonyl (C=O) groups is 5. The van der Waals surface area contributed by atoms with Crippen LogP contribution in [0.2, 0.25) is 0 Å². The Morgan fingerprint density at radius 3 is 2.23 bits per heavy atom. The molecule has 0 spiro atoms. The van der Waals surface area contributed by atoms with E-state index in [-0.39, 0.29) is 31.8 Å². The zero-order valence-corrected chi connectivity index (χ0v) is 24.4. The Hall–Kier alpha value is -4.41. The molecule has 4 atom stereocenters. The normalized spacial score (nSPS) is 24.2. The number of rotatable bonds is 9. The number of carbonyl (C=O) groups excluding carboxylic acids is 4. The smallest absolute Gasteiger partial charge is 0.416 e. The van der Waals surface area contributed by atoms with Gasteiger partial charge in [-0.15, -0.1) is 0 Å². The number of benzene rings is 1. The molecule has 0 radical (unpaired) electrons. The molecule has 44 heavy (non-hydrogen) atoms. The Kier molecular flexibility index (Phi) is 12.9. The third-order valence-corrected chi connectivity index (χ3v) is 6.87. The van der Waals surface area contributed by atoms with Crippen LogP contribution in [0, 0.1) is 5.92 Å². The van der Waals surface area contributed by atoms with E-state index in [9.17, 15) is 42.3 Å². The average molecular weight is 629 g/mol. The van der Waals surface area contributed by atoms with Gasteiger partial charge in [-0.2, -0.15) is 13.2 Å². The van der Waals surface area contributed by atoms with Crippen molar-refractivity contribution in [2.45, 2.75) is 69.4 Å². The second-order valence-electron chi connectivity index (χ2n) is 10.6. The highest BCUT2D eigenvalue weighted by Gasteiger charge is 2.61. The maximum atomic E-state index is 14.5. The van der Waals surface area contributed by atoms with E-state index in [1.165, 1.54) is 0 Å². The van der Waals surface area contributed by atoms with Crippen LogP contribution < -0.4 is 38.1 Å². The zero-order valence-electron chi connectivity index (χ0n) is 24.4. The van der Waals surface area contributed by atoms with Gasteiger partial charge in [0.25, 0.3) is 5.91 Å². The SMILES string of the molecule is CC(C)[C@@H]1NC(=O)[C@@H](Cc2ccccc2)NC(=O)[C@](CC(=O)O)(C(F)(F)F)NCCNC(=O)[C@H](CCCN=C(N)N)NC1=O. The van der Waals surface area contributed by atoms with Gasteiger partial charge in [0, 0.05) is 26.1 Å². The highest BCUT2D eigenvalue weighted by molar-refractivity contribution is 5.97. The fourth-order valence-electron chi connectivity index (χ4n) is 4.53. The zero-order chi connectivity index (χ0) is 33.1. The minimum Gasteiger partial charge on any atom is -0.481 e. The molecule has 1 aliphatic heterocycles. The summed E-state index contributed by atoms with van der Waals surface area (Å²) in [6.45, 7) is 2.16. The third kappa shape index (κ3) is 10.1. The molecule has 17 heteroatoms. The summed E-state index contributed by atoms with van der Waals surface area (Å²) >= 11 is 0. The number of aliphatic carboxylic acids is 1. The van der Waals surface area contributed by atoms with Crippen molar-refractivity contribution in [1.29, 1.82) is 0 Å². The van der Waals surface area contributed by atoms with Crippen molar-refractivity contribution in [3.63, 3.8) is 0 Å². The highest BCUT2D eigenvalue weighted by Crippen LogP contribution is 2.34. The van der Waals surface area contributed by atoms with Crippen molar-refractivity contribution in [1.82, 2.24) is 26.6 Å². The van der Waals surface area contributed by atoms with Crippen LogP contribution in [0.3, 0.4) is 0 Å². The van der Waals surface area contributed by atoms with E-state index in [2.05, 4.69) is 26.3 Å². The van der Waals surface area contributed by atoms with Crippen LogP contribution in [0.25, 0.3) is 0 Å². The highest BCUT2D eigenvalue weighted by atomic mass is 19.4. The van der Waals surface area contributed by atoms with Gasteiger partial charge < -0.3 is 37.8 Å². The minimum absolute atomic E-state index is 0.0305. The first-order chi connectivity index (χ1) is 20.6. The summed E-state index contributed by atoms with van der Waals surface area (Å²) in [6, 6.07) is 3.98. The van der Waals surface area contributed by atoms with Gasteiger partial charge in [0.15, 0.2) is 5.96 Å². The average Bonchev–Trinajstić information content (AvgIpc) is 2.93. The summed E-state index contributed by atoms with van der Waals surface area (Å²) in [5.74, 6) is -7.00. The summed E-state index contributed by atoms with van der Waals surface area (Å²) in [4.78, 5) is 68.6. The van der Waals surface area contributed by atoms with Crippen molar-refractivity contribution < 1.29 is 42.3 Å². The number of hydrogen-bond acceptors (Lipinski definition) is 7. The topological polar surface area (TPSA) is 230 Å². The van der Waals surface area contributed by atoms with Crippen LogP contribution in [-0.4, -0.2) is 90.1 Å². The molecule has 14 nitrogen and oxygen atoms in total. The third-order valence-electron chi connectivity index (χ3n) is 6.87. The minimum atomic E-state index is -5.44. The first-order valence-corrected chi connectivity index (χ1v) is 13.9. The molecule has 0 aliphatic carbocycles. The number of nitrogens with one attached hydrogen (secondary N) is 5. The number of nitrogens with zero attached hydrogens (tertiary/aromatic N) is 1. The van der Waals surface area contributed by atoms with E-state index in [0.29, 0.717) is 5.56 Å². The summed E-state index contributed by atoms with van der Waals surface area (Å²) < 4.78 is 43.6. The monoisotopic (exact) mass is 628 g/mol. The molecule has 10 N–H and O–H groups in total. The second-order valence-corrected chi connectivity index (χ2v) is 10.6. The fourth-order valence-corrected chi connectivity index (χ4v) is 4.53. The number of carboxylic acids is 1. The summed E-state index contributed by atoms with van der Waals surface area (Å²) in [7, 11) is 0. The summed E-state index contributed by atoms with van der Waals surface area (Å²) in [5.41, 5.74) is 7.44. The van der Waals surface area contributed by atoms with Crippen LogP contribution in [-0.2, 0) is 30.4 Å². The molecule has 4 amide bonds. The predicted octanol–water partition coefficient (Wildman–Crippen LogP) is -1.11. The van der Waals surface area contributed by atoms with Crippen molar-refractivity contribution in [2.24, 2.45) is 22.4 Å². The van der Waals surface area contributed by atoms with E-state index >= 15 is 0 Å². The Morgan fingerprint density at radius 2 is 1.66 bits per heavy atom. The lowest BCUT2D eigenvalue weighted by Crippen LogP contribution is -2.69. The standard InChI is InChI=1S/C27H39F3N8O6/c1-15(2)20-23(43)36-17(9-6-10-34-25(31)32)21(41)33-11-12-35-26(14-19(39)40,27(28,29)30)24(44)37-18(22(42)38-20)13-16-7-4-3-5-8-16/h3-5,7-8,15,17-18,20,35H,6,9-14H2,1-2H3,(H,33,41)(H,36,43)(H,37,44)(H,38,42)(H,39,40)(H4,31,32,34)/t17-,18+,20-,26+/m0/s1. The Morgan fingerprint density at radius 1 is 1.00 bits per heavy atom. The molecule has 0 unspecified atom stereocenters.